The van der Waals surface area contributed by atoms with E-state index in [0.29, 0.717) is 19.0 Å². The Balaban J connectivity index is 1.30. The number of rotatable bonds is 4. The molecule has 154 valence electrons. The molecule has 1 aliphatic carbocycles. The Morgan fingerprint density at radius 2 is 1.52 bits per heavy atom. The quantitative estimate of drug-likeness (QED) is 0.716. The molecule has 0 saturated heterocycles. The second-order valence-corrected chi connectivity index (χ2v) is 9.21. The van der Waals surface area contributed by atoms with Gasteiger partial charge in [0.25, 0.3) is 10.2 Å². The van der Waals surface area contributed by atoms with Crippen molar-refractivity contribution in [3.63, 3.8) is 0 Å². The number of carbonyl (C=O) groups is 1. The van der Waals surface area contributed by atoms with Crippen LogP contribution in [0, 0.1) is 0 Å². The van der Waals surface area contributed by atoms with E-state index in [1.165, 1.54) is 16.7 Å². The van der Waals surface area contributed by atoms with Gasteiger partial charge in [-0.25, -0.2) is 9.93 Å². The SMILES string of the molecule is NS(=O)(=O)NC1CCC(c2ccc(NC(=O)N3Cc4ccccc4C3)cc2)CC1. The van der Waals surface area contributed by atoms with Crippen molar-refractivity contribution in [2.24, 2.45) is 5.14 Å². The summed E-state index contributed by atoms with van der Waals surface area (Å²) in [7, 11) is -3.64. The maximum atomic E-state index is 12.6. The van der Waals surface area contributed by atoms with Crippen molar-refractivity contribution < 1.29 is 13.2 Å². The largest absolute Gasteiger partial charge is 0.322 e. The molecule has 2 aliphatic rings. The second-order valence-electron chi connectivity index (χ2n) is 7.89. The third-order valence-electron chi connectivity index (χ3n) is 5.82. The summed E-state index contributed by atoms with van der Waals surface area (Å²) in [6.45, 7) is 1.27. The molecule has 0 bridgehead atoms. The molecular formula is C21H26N4O3S. The lowest BCUT2D eigenvalue weighted by Gasteiger charge is -2.28. The van der Waals surface area contributed by atoms with Crippen LogP contribution in [-0.4, -0.2) is 25.4 Å². The Bertz CT molecular complexity index is 958. The van der Waals surface area contributed by atoms with Gasteiger partial charge in [-0.3, -0.25) is 0 Å². The number of nitrogens with zero attached hydrogens (tertiary/aromatic N) is 1. The van der Waals surface area contributed by atoms with Crippen LogP contribution in [0.3, 0.4) is 0 Å². The van der Waals surface area contributed by atoms with Crippen molar-refractivity contribution in [1.82, 2.24) is 9.62 Å². The van der Waals surface area contributed by atoms with Crippen molar-refractivity contribution >= 4 is 21.9 Å². The summed E-state index contributed by atoms with van der Waals surface area (Å²) in [6, 6.07) is 15.9. The molecule has 1 heterocycles. The van der Waals surface area contributed by atoms with E-state index >= 15 is 0 Å². The van der Waals surface area contributed by atoms with Crippen molar-refractivity contribution in [2.75, 3.05) is 5.32 Å². The number of carbonyl (C=O) groups excluding carboxylic acids is 1. The van der Waals surface area contributed by atoms with Crippen LogP contribution in [0.1, 0.15) is 48.3 Å². The Kier molecular flexibility index (Phi) is 5.58. The molecular weight excluding hydrogens is 388 g/mol. The van der Waals surface area contributed by atoms with Crippen molar-refractivity contribution in [1.29, 1.82) is 0 Å². The van der Waals surface area contributed by atoms with Crippen LogP contribution in [0.2, 0.25) is 0 Å². The number of nitrogens with one attached hydrogen (secondary N) is 2. The van der Waals surface area contributed by atoms with Gasteiger partial charge < -0.3 is 10.2 Å². The van der Waals surface area contributed by atoms with Crippen LogP contribution >= 0.6 is 0 Å². The lowest BCUT2D eigenvalue weighted by Crippen LogP contribution is -2.41. The average molecular weight is 415 g/mol. The summed E-state index contributed by atoms with van der Waals surface area (Å²) in [6.07, 6.45) is 3.36. The van der Waals surface area contributed by atoms with E-state index in [0.717, 1.165) is 31.4 Å². The first-order chi connectivity index (χ1) is 13.9. The Morgan fingerprint density at radius 1 is 0.931 bits per heavy atom. The number of hydrogen-bond donors (Lipinski definition) is 3. The molecule has 4 N–H and O–H groups in total. The highest BCUT2D eigenvalue weighted by atomic mass is 32.2. The molecule has 1 saturated carbocycles. The lowest BCUT2D eigenvalue weighted by atomic mass is 9.82. The van der Waals surface area contributed by atoms with Crippen LogP contribution < -0.4 is 15.2 Å². The van der Waals surface area contributed by atoms with Gasteiger partial charge >= 0.3 is 6.03 Å². The topological polar surface area (TPSA) is 105 Å². The Hall–Kier alpha value is -2.42. The smallest absolute Gasteiger partial charge is 0.316 e. The summed E-state index contributed by atoms with van der Waals surface area (Å²) in [5.74, 6) is 0.395. The minimum Gasteiger partial charge on any atom is -0.316 e. The number of benzene rings is 2. The summed E-state index contributed by atoms with van der Waals surface area (Å²) >= 11 is 0. The third kappa shape index (κ3) is 4.95. The van der Waals surface area contributed by atoms with Gasteiger partial charge in [-0.15, -0.1) is 0 Å². The number of anilines is 1. The maximum absolute atomic E-state index is 12.6. The second kappa shape index (κ2) is 8.14. The molecule has 2 aromatic rings. The van der Waals surface area contributed by atoms with Crippen LogP contribution in [-0.2, 0) is 23.3 Å². The fraction of sp³-hybridized carbons (Fsp3) is 0.381. The molecule has 1 fully saturated rings. The van der Waals surface area contributed by atoms with Gasteiger partial charge in [0.2, 0.25) is 0 Å². The molecule has 0 aromatic heterocycles. The minimum absolute atomic E-state index is 0.0793. The summed E-state index contributed by atoms with van der Waals surface area (Å²) in [4.78, 5) is 14.4. The third-order valence-corrected chi connectivity index (χ3v) is 6.48. The zero-order valence-electron chi connectivity index (χ0n) is 16.2. The molecule has 2 amide bonds. The fourth-order valence-corrected chi connectivity index (χ4v) is 5.00. The van der Waals surface area contributed by atoms with Crippen LogP contribution in [0.15, 0.2) is 48.5 Å². The highest BCUT2D eigenvalue weighted by Gasteiger charge is 2.25. The molecule has 1 aliphatic heterocycles. The van der Waals surface area contributed by atoms with Crippen LogP contribution in [0.4, 0.5) is 10.5 Å². The van der Waals surface area contributed by atoms with E-state index in [2.05, 4.69) is 22.2 Å². The molecule has 0 unspecified atom stereocenters. The Labute approximate surface area is 171 Å². The first kappa shape index (κ1) is 19.9. The standard InChI is InChI=1S/C21H26N4O3S/c22-29(27,28)24-20-11-7-16(8-12-20)15-5-9-19(10-6-15)23-21(26)25-13-17-3-1-2-4-18(17)14-25/h1-6,9-10,16,20,24H,7-8,11-14H2,(H,23,26)(H2,22,27,28). The molecule has 0 radical (unpaired) electrons. The molecule has 0 spiro atoms. The van der Waals surface area contributed by atoms with Gasteiger partial charge in [-0.2, -0.15) is 13.1 Å². The van der Waals surface area contributed by atoms with Gasteiger partial charge in [0.15, 0.2) is 0 Å². The number of nitrogens with two attached hydrogens (primary N) is 1. The predicted octanol–water partition coefficient (Wildman–Crippen LogP) is 3.05. The molecule has 8 heteroatoms. The van der Waals surface area contributed by atoms with Gasteiger partial charge in [-0.05, 0) is 60.4 Å². The van der Waals surface area contributed by atoms with E-state index < -0.39 is 10.2 Å². The maximum Gasteiger partial charge on any atom is 0.322 e. The van der Waals surface area contributed by atoms with Gasteiger partial charge in [0.05, 0.1) is 0 Å². The van der Waals surface area contributed by atoms with E-state index in [4.69, 9.17) is 5.14 Å². The van der Waals surface area contributed by atoms with Crippen molar-refractivity contribution in [3.05, 3.63) is 65.2 Å². The molecule has 29 heavy (non-hydrogen) atoms. The molecule has 0 atom stereocenters. The number of amides is 2. The predicted molar refractivity (Wildman–Crippen MR) is 112 cm³/mol. The number of hydrogen-bond acceptors (Lipinski definition) is 3. The van der Waals surface area contributed by atoms with E-state index in [9.17, 15) is 13.2 Å². The Morgan fingerprint density at radius 3 is 2.07 bits per heavy atom. The number of fused-ring (bicyclic) bond motifs is 1. The van der Waals surface area contributed by atoms with Crippen molar-refractivity contribution in [3.8, 4) is 0 Å². The van der Waals surface area contributed by atoms with Gasteiger partial charge in [0, 0.05) is 24.8 Å². The summed E-state index contributed by atoms with van der Waals surface area (Å²) in [5, 5.41) is 8.04. The van der Waals surface area contributed by atoms with Crippen LogP contribution in [0.25, 0.3) is 0 Å². The van der Waals surface area contributed by atoms with Gasteiger partial charge in [-0.1, -0.05) is 36.4 Å². The zero-order chi connectivity index (χ0) is 20.4. The van der Waals surface area contributed by atoms with Gasteiger partial charge in [0.1, 0.15) is 0 Å². The van der Waals surface area contributed by atoms with E-state index in [-0.39, 0.29) is 12.1 Å². The van der Waals surface area contributed by atoms with Crippen LogP contribution in [0.5, 0.6) is 0 Å². The highest BCUT2D eigenvalue weighted by molar-refractivity contribution is 7.87. The first-order valence-corrected chi connectivity index (χ1v) is 11.4. The average Bonchev–Trinajstić information content (AvgIpc) is 3.12. The highest BCUT2D eigenvalue weighted by Crippen LogP contribution is 2.33. The summed E-state index contributed by atoms with van der Waals surface area (Å²) < 4.78 is 24.8. The normalized spacial score (nSPS) is 21.6. The minimum atomic E-state index is -3.64. The monoisotopic (exact) mass is 414 g/mol. The summed E-state index contributed by atoms with van der Waals surface area (Å²) in [5.41, 5.74) is 4.39. The zero-order valence-corrected chi connectivity index (χ0v) is 17.0. The molecule has 7 nitrogen and oxygen atoms in total. The fourth-order valence-electron chi connectivity index (χ4n) is 4.29. The molecule has 4 rings (SSSR count). The number of urea groups is 1. The van der Waals surface area contributed by atoms with E-state index in [1.54, 1.807) is 4.90 Å². The lowest BCUT2D eigenvalue weighted by molar-refractivity contribution is 0.212. The van der Waals surface area contributed by atoms with Crippen molar-refractivity contribution in [2.45, 2.75) is 50.7 Å². The van der Waals surface area contributed by atoms with E-state index in [1.807, 2.05) is 36.4 Å². The first-order valence-electron chi connectivity index (χ1n) is 9.90. The molecule has 2 aromatic carbocycles.